The molecule has 1 unspecified atom stereocenters. The number of amides is 1. The van der Waals surface area contributed by atoms with Gasteiger partial charge in [0.25, 0.3) is 0 Å². The summed E-state index contributed by atoms with van der Waals surface area (Å²) in [7, 11) is 0. The van der Waals surface area contributed by atoms with Gasteiger partial charge in [0.1, 0.15) is 5.82 Å². The third-order valence-electron chi connectivity index (χ3n) is 4.25. The molecular formula is C21H23ClN6OS. The zero-order valence-corrected chi connectivity index (χ0v) is 18.3. The van der Waals surface area contributed by atoms with E-state index in [2.05, 4.69) is 25.6 Å². The van der Waals surface area contributed by atoms with E-state index in [0.29, 0.717) is 29.1 Å². The molecule has 2 aromatic carbocycles. The fraction of sp³-hybridized carbons (Fsp3) is 0.238. The van der Waals surface area contributed by atoms with Gasteiger partial charge >= 0.3 is 0 Å². The molecule has 0 bridgehead atoms. The van der Waals surface area contributed by atoms with Gasteiger partial charge in [-0.3, -0.25) is 4.79 Å². The first kappa shape index (κ1) is 21.9. The molecule has 1 aromatic heterocycles. The number of thioether (sulfide) groups is 1. The molecule has 0 spiro atoms. The number of carbonyl (C=O) groups excluding carboxylic acids is 1. The third-order valence-corrected chi connectivity index (χ3v) is 5.76. The summed E-state index contributed by atoms with van der Waals surface area (Å²) in [6, 6.07) is 15.3. The SMILES string of the molecule is Cc1ccc(Nc2nc(N)nc(CSC(C)C(=O)NCc3ccccc3Cl)n2)cc1. The fourth-order valence-electron chi connectivity index (χ4n) is 2.57. The number of benzene rings is 2. The molecule has 0 saturated carbocycles. The monoisotopic (exact) mass is 442 g/mol. The van der Waals surface area contributed by atoms with Crippen molar-refractivity contribution < 1.29 is 4.79 Å². The summed E-state index contributed by atoms with van der Waals surface area (Å²) in [5.41, 5.74) is 8.72. The second-order valence-electron chi connectivity index (χ2n) is 6.69. The topological polar surface area (TPSA) is 106 Å². The Bertz CT molecular complexity index is 1010. The Balaban J connectivity index is 1.55. The quantitative estimate of drug-likeness (QED) is 0.482. The number of carbonyl (C=O) groups is 1. The minimum atomic E-state index is -0.293. The lowest BCUT2D eigenvalue weighted by Gasteiger charge is -2.13. The first-order valence-corrected chi connectivity index (χ1v) is 10.8. The number of rotatable bonds is 8. The average molecular weight is 443 g/mol. The van der Waals surface area contributed by atoms with Crippen LogP contribution in [0.25, 0.3) is 0 Å². The zero-order chi connectivity index (χ0) is 21.5. The van der Waals surface area contributed by atoms with Crippen molar-refractivity contribution in [2.24, 2.45) is 0 Å². The van der Waals surface area contributed by atoms with Crippen LogP contribution in [0.4, 0.5) is 17.6 Å². The molecule has 3 rings (SSSR count). The molecule has 1 heterocycles. The van der Waals surface area contributed by atoms with Gasteiger partial charge in [-0.1, -0.05) is 47.5 Å². The summed E-state index contributed by atoms with van der Waals surface area (Å²) in [5, 5.41) is 6.36. The number of aryl methyl sites for hydroxylation is 1. The van der Waals surface area contributed by atoms with Gasteiger partial charge in [0.05, 0.1) is 11.0 Å². The number of hydrogen-bond donors (Lipinski definition) is 3. The highest BCUT2D eigenvalue weighted by atomic mass is 35.5. The van der Waals surface area contributed by atoms with E-state index >= 15 is 0 Å². The highest BCUT2D eigenvalue weighted by molar-refractivity contribution is 7.99. The number of hydrogen-bond acceptors (Lipinski definition) is 7. The van der Waals surface area contributed by atoms with Crippen LogP contribution in [-0.4, -0.2) is 26.1 Å². The molecule has 0 fully saturated rings. The highest BCUT2D eigenvalue weighted by Crippen LogP contribution is 2.20. The number of nitrogen functional groups attached to an aromatic ring is 1. The molecule has 9 heteroatoms. The number of nitrogens with one attached hydrogen (secondary N) is 2. The maximum atomic E-state index is 12.4. The standard InChI is InChI=1S/C21H23ClN6OS/c1-13-7-9-16(10-8-13)25-21-27-18(26-20(23)28-21)12-30-14(2)19(29)24-11-15-5-3-4-6-17(15)22/h3-10,14H,11-12H2,1-2H3,(H,24,29)(H3,23,25,26,27,28). The Hall–Kier alpha value is -2.84. The summed E-state index contributed by atoms with van der Waals surface area (Å²) in [6.07, 6.45) is 0. The maximum Gasteiger partial charge on any atom is 0.233 e. The molecule has 0 saturated heterocycles. The predicted octanol–water partition coefficient (Wildman–Crippen LogP) is 4.10. The van der Waals surface area contributed by atoms with Crippen molar-refractivity contribution in [3.05, 3.63) is 70.5 Å². The lowest BCUT2D eigenvalue weighted by Crippen LogP contribution is -2.30. The number of aromatic nitrogens is 3. The molecule has 156 valence electrons. The van der Waals surface area contributed by atoms with Crippen molar-refractivity contribution in [3.8, 4) is 0 Å². The minimum absolute atomic E-state index is 0.0834. The molecule has 0 aliphatic carbocycles. The number of nitrogens with two attached hydrogens (primary N) is 1. The molecule has 1 amide bonds. The molecular weight excluding hydrogens is 420 g/mol. The van der Waals surface area contributed by atoms with Gasteiger partial charge in [0.15, 0.2) is 0 Å². The van der Waals surface area contributed by atoms with E-state index in [-0.39, 0.29) is 17.1 Å². The van der Waals surface area contributed by atoms with E-state index in [4.69, 9.17) is 17.3 Å². The van der Waals surface area contributed by atoms with Gasteiger partial charge in [-0.15, -0.1) is 11.8 Å². The van der Waals surface area contributed by atoms with Crippen LogP contribution < -0.4 is 16.4 Å². The van der Waals surface area contributed by atoms with Gasteiger partial charge in [-0.25, -0.2) is 0 Å². The predicted molar refractivity (Wildman–Crippen MR) is 123 cm³/mol. The van der Waals surface area contributed by atoms with Crippen LogP contribution >= 0.6 is 23.4 Å². The molecule has 0 aliphatic heterocycles. The van der Waals surface area contributed by atoms with E-state index in [9.17, 15) is 4.79 Å². The van der Waals surface area contributed by atoms with Crippen molar-refractivity contribution in [2.75, 3.05) is 11.1 Å². The van der Waals surface area contributed by atoms with Crippen LogP contribution in [0.15, 0.2) is 48.5 Å². The molecule has 7 nitrogen and oxygen atoms in total. The van der Waals surface area contributed by atoms with Gasteiger partial charge in [0, 0.05) is 17.3 Å². The molecule has 4 N–H and O–H groups in total. The Kier molecular flexibility index (Phi) is 7.48. The van der Waals surface area contributed by atoms with Gasteiger partial charge in [0.2, 0.25) is 17.8 Å². The average Bonchev–Trinajstić information content (AvgIpc) is 2.72. The first-order valence-electron chi connectivity index (χ1n) is 9.37. The van der Waals surface area contributed by atoms with Crippen LogP contribution in [0, 0.1) is 6.92 Å². The van der Waals surface area contributed by atoms with E-state index in [1.807, 2.05) is 56.3 Å². The van der Waals surface area contributed by atoms with Gasteiger partial charge < -0.3 is 16.4 Å². The highest BCUT2D eigenvalue weighted by Gasteiger charge is 2.15. The Labute approximate surface area is 184 Å². The Morgan fingerprint density at radius 2 is 1.87 bits per heavy atom. The number of anilines is 3. The molecule has 30 heavy (non-hydrogen) atoms. The summed E-state index contributed by atoms with van der Waals surface area (Å²) in [4.78, 5) is 25.1. The fourth-order valence-corrected chi connectivity index (χ4v) is 3.53. The summed E-state index contributed by atoms with van der Waals surface area (Å²) < 4.78 is 0. The van der Waals surface area contributed by atoms with E-state index in [1.54, 1.807) is 6.07 Å². The maximum absolute atomic E-state index is 12.4. The second kappa shape index (κ2) is 10.3. The largest absolute Gasteiger partial charge is 0.368 e. The molecule has 1 atom stereocenters. The van der Waals surface area contributed by atoms with E-state index in [0.717, 1.165) is 16.8 Å². The van der Waals surface area contributed by atoms with Crippen molar-refractivity contribution in [1.82, 2.24) is 20.3 Å². The molecule has 0 aliphatic rings. The van der Waals surface area contributed by atoms with Crippen molar-refractivity contribution in [3.63, 3.8) is 0 Å². The van der Waals surface area contributed by atoms with Crippen molar-refractivity contribution in [1.29, 1.82) is 0 Å². The van der Waals surface area contributed by atoms with E-state index in [1.165, 1.54) is 11.8 Å². The zero-order valence-electron chi connectivity index (χ0n) is 16.7. The molecule has 3 aromatic rings. The minimum Gasteiger partial charge on any atom is -0.368 e. The van der Waals surface area contributed by atoms with Crippen LogP contribution in [0.3, 0.4) is 0 Å². The lowest BCUT2D eigenvalue weighted by molar-refractivity contribution is -0.120. The Morgan fingerprint density at radius 3 is 2.60 bits per heavy atom. The Morgan fingerprint density at radius 1 is 1.13 bits per heavy atom. The third kappa shape index (κ3) is 6.33. The van der Waals surface area contributed by atoms with Crippen LogP contribution in [0.1, 0.15) is 23.9 Å². The number of halogens is 1. The normalized spacial score (nSPS) is 11.7. The van der Waals surface area contributed by atoms with Crippen molar-refractivity contribution in [2.45, 2.75) is 31.4 Å². The second-order valence-corrected chi connectivity index (χ2v) is 8.42. The lowest BCUT2D eigenvalue weighted by atomic mass is 10.2. The van der Waals surface area contributed by atoms with E-state index < -0.39 is 0 Å². The van der Waals surface area contributed by atoms with Gasteiger partial charge in [-0.05, 0) is 37.6 Å². The van der Waals surface area contributed by atoms with Crippen LogP contribution in [0.5, 0.6) is 0 Å². The van der Waals surface area contributed by atoms with Crippen molar-refractivity contribution >= 4 is 46.9 Å². The first-order chi connectivity index (χ1) is 14.4. The van der Waals surface area contributed by atoms with Crippen LogP contribution in [0.2, 0.25) is 5.02 Å². The summed E-state index contributed by atoms with van der Waals surface area (Å²) >= 11 is 7.55. The smallest absolute Gasteiger partial charge is 0.233 e. The number of nitrogens with zero attached hydrogens (tertiary/aromatic N) is 3. The van der Waals surface area contributed by atoms with Crippen LogP contribution in [-0.2, 0) is 17.1 Å². The molecule has 0 radical (unpaired) electrons. The summed E-state index contributed by atoms with van der Waals surface area (Å²) in [6.45, 7) is 4.24. The summed E-state index contributed by atoms with van der Waals surface area (Å²) in [5.74, 6) is 1.35. The van der Waals surface area contributed by atoms with Gasteiger partial charge in [-0.2, -0.15) is 15.0 Å².